The van der Waals surface area contributed by atoms with E-state index in [9.17, 15) is 8.78 Å². The van der Waals surface area contributed by atoms with E-state index in [4.69, 9.17) is 0 Å². The normalized spacial score (nSPS) is 22.4. The average Bonchev–Trinajstić information content (AvgIpc) is 3.07. The molecule has 3 heterocycles. The van der Waals surface area contributed by atoms with Crippen molar-refractivity contribution in [1.82, 2.24) is 14.5 Å². The Labute approximate surface area is 128 Å². The van der Waals surface area contributed by atoms with Gasteiger partial charge in [0.05, 0.1) is 30.0 Å². The molecule has 2 aliphatic rings. The van der Waals surface area contributed by atoms with E-state index in [0.717, 1.165) is 36.2 Å². The van der Waals surface area contributed by atoms with Crippen molar-refractivity contribution in [3.63, 3.8) is 0 Å². The lowest BCUT2D eigenvalue weighted by Crippen LogP contribution is -2.27. The lowest BCUT2D eigenvalue weighted by molar-refractivity contribution is 0.0901. The van der Waals surface area contributed by atoms with E-state index in [-0.39, 0.29) is 6.04 Å². The summed E-state index contributed by atoms with van der Waals surface area (Å²) in [6.07, 6.45) is 9.05. The Hall–Kier alpha value is -1.78. The molecule has 5 heteroatoms. The summed E-state index contributed by atoms with van der Waals surface area (Å²) >= 11 is 0. The van der Waals surface area contributed by atoms with Crippen molar-refractivity contribution in [2.75, 3.05) is 0 Å². The van der Waals surface area contributed by atoms with Gasteiger partial charge in [-0.15, -0.1) is 0 Å². The van der Waals surface area contributed by atoms with Crippen molar-refractivity contribution in [3.8, 4) is 11.3 Å². The smallest absolute Gasteiger partial charge is 0.213 e. The summed E-state index contributed by atoms with van der Waals surface area (Å²) in [6.45, 7) is 0. The predicted molar refractivity (Wildman–Crippen MR) is 79.7 cm³/mol. The fourth-order valence-electron chi connectivity index (χ4n) is 3.92. The van der Waals surface area contributed by atoms with Crippen LogP contribution in [-0.4, -0.2) is 20.2 Å². The maximum Gasteiger partial charge on any atom is 0.213 e. The monoisotopic (exact) mass is 303 g/mol. The molecule has 116 valence electrons. The summed E-state index contributed by atoms with van der Waals surface area (Å²) in [7, 11) is 0. The maximum atomic E-state index is 14.9. The molecule has 22 heavy (non-hydrogen) atoms. The number of imidazole rings is 1. The van der Waals surface area contributed by atoms with Crippen LogP contribution in [0.25, 0.3) is 11.3 Å². The van der Waals surface area contributed by atoms with E-state index in [0.29, 0.717) is 25.7 Å². The molecule has 0 radical (unpaired) electrons. The van der Waals surface area contributed by atoms with Gasteiger partial charge in [-0.25, -0.2) is 14.4 Å². The number of pyridine rings is 1. The highest BCUT2D eigenvalue weighted by atomic mass is 19.1. The zero-order chi connectivity index (χ0) is 15.2. The Bertz CT molecular complexity index is 689. The number of rotatable bonds is 3. The van der Waals surface area contributed by atoms with E-state index in [1.165, 1.54) is 6.07 Å². The average molecular weight is 303 g/mol. The first-order valence-corrected chi connectivity index (χ1v) is 8.04. The zero-order valence-corrected chi connectivity index (χ0v) is 12.4. The van der Waals surface area contributed by atoms with Gasteiger partial charge in [0.25, 0.3) is 0 Å². The van der Waals surface area contributed by atoms with Crippen molar-refractivity contribution in [3.05, 3.63) is 36.3 Å². The predicted octanol–water partition coefficient (Wildman–Crippen LogP) is 4.44. The molecule has 2 aromatic heterocycles. The molecule has 0 aromatic carbocycles. The summed E-state index contributed by atoms with van der Waals surface area (Å²) in [5.74, 6) is -0.477. The van der Waals surface area contributed by atoms with Crippen molar-refractivity contribution < 1.29 is 8.78 Å². The van der Waals surface area contributed by atoms with Crippen molar-refractivity contribution in [2.45, 2.75) is 56.7 Å². The van der Waals surface area contributed by atoms with Crippen LogP contribution in [0.15, 0.2) is 24.7 Å². The molecule has 0 N–H and O–H groups in total. The second-order valence-corrected chi connectivity index (χ2v) is 6.52. The third-order valence-electron chi connectivity index (χ3n) is 5.10. The number of fused-ring (bicyclic) bond motifs is 3. The minimum atomic E-state index is -1.06. The summed E-state index contributed by atoms with van der Waals surface area (Å²) in [6, 6.07) is 3.02. The third-order valence-corrected chi connectivity index (χ3v) is 5.10. The maximum absolute atomic E-state index is 14.9. The van der Waals surface area contributed by atoms with Gasteiger partial charge in [0, 0.05) is 5.56 Å². The highest BCUT2D eigenvalue weighted by Crippen LogP contribution is 2.43. The minimum absolute atomic E-state index is 0.0993. The molecule has 1 saturated carbocycles. The number of aromatic nitrogens is 3. The SMILES string of the molecule is Fc1ccc2c(n1)C(CCC1(F)CCCCC1)n1cncc1-2. The quantitative estimate of drug-likeness (QED) is 0.785. The summed E-state index contributed by atoms with van der Waals surface area (Å²) in [5, 5.41) is 0. The lowest BCUT2D eigenvalue weighted by Gasteiger charge is -2.30. The van der Waals surface area contributed by atoms with Crippen molar-refractivity contribution in [2.24, 2.45) is 0 Å². The van der Waals surface area contributed by atoms with Crippen LogP contribution < -0.4 is 0 Å². The molecule has 0 saturated heterocycles. The number of hydrogen-bond donors (Lipinski definition) is 0. The molecule has 1 aliphatic carbocycles. The molecule has 0 spiro atoms. The molecule has 0 bridgehead atoms. The van der Waals surface area contributed by atoms with Crippen LogP contribution >= 0.6 is 0 Å². The molecule has 4 rings (SSSR count). The van der Waals surface area contributed by atoms with Crippen LogP contribution in [0.3, 0.4) is 0 Å². The van der Waals surface area contributed by atoms with E-state index in [2.05, 4.69) is 9.97 Å². The number of alkyl halides is 1. The van der Waals surface area contributed by atoms with Crippen LogP contribution in [0, 0.1) is 5.95 Å². The van der Waals surface area contributed by atoms with Gasteiger partial charge in [-0.3, -0.25) is 0 Å². The highest BCUT2D eigenvalue weighted by molar-refractivity contribution is 5.66. The van der Waals surface area contributed by atoms with E-state index in [1.54, 1.807) is 18.6 Å². The second kappa shape index (κ2) is 5.14. The number of halogens is 2. The van der Waals surface area contributed by atoms with Gasteiger partial charge in [0.1, 0.15) is 5.67 Å². The summed E-state index contributed by atoms with van der Waals surface area (Å²) < 4.78 is 30.4. The molecular formula is C17H19F2N3. The highest BCUT2D eigenvalue weighted by Gasteiger charge is 2.36. The first kappa shape index (κ1) is 13.9. The Morgan fingerprint density at radius 2 is 2.05 bits per heavy atom. The fraction of sp³-hybridized carbons (Fsp3) is 0.529. The Kier molecular flexibility index (Phi) is 3.24. The summed E-state index contributed by atoms with van der Waals surface area (Å²) in [4.78, 5) is 8.25. The van der Waals surface area contributed by atoms with Crippen LogP contribution in [0.1, 0.15) is 56.7 Å². The zero-order valence-electron chi connectivity index (χ0n) is 12.4. The largest absolute Gasteiger partial charge is 0.321 e. The standard InChI is InChI=1S/C17H19F2N3/c18-15-5-4-12-14-10-20-11-22(14)13(16(12)21-15)6-9-17(19)7-2-1-3-8-17/h4-5,10-11,13H,1-3,6-9H2. The van der Waals surface area contributed by atoms with Crippen molar-refractivity contribution >= 4 is 0 Å². The molecule has 1 fully saturated rings. The molecule has 0 amide bonds. The Morgan fingerprint density at radius 1 is 1.23 bits per heavy atom. The number of hydrogen-bond acceptors (Lipinski definition) is 2. The molecule has 1 unspecified atom stereocenters. The Balaban J connectivity index is 1.61. The molecule has 2 aromatic rings. The van der Waals surface area contributed by atoms with Gasteiger partial charge in [0.2, 0.25) is 5.95 Å². The second-order valence-electron chi connectivity index (χ2n) is 6.52. The first-order chi connectivity index (χ1) is 10.7. The summed E-state index contributed by atoms with van der Waals surface area (Å²) in [5.41, 5.74) is 1.52. The first-order valence-electron chi connectivity index (χ1n) is 8.04. The fourth-order valence-corrected chi connectivity index (χ4v) is 3.92. The van der Waals surface area contributed by atoms with Gasteiger partial charge >= 0.3 is 0 Å². The Morgan fingerprint density at radius 3 is 2.86 bits per heavy atom. The van der Waals surface area contributed by atoms with Gasteiger partial charge in [0.15, 0.2) is 0 Å². The van der Waals surface area contributed by atoms with Gasteiger partial charge in [-0.1, -0.05) is 19.3 Å². The minimum Gasteiger partial charge on any atom is -0.321 e. The van der Waals surface area contributed by atoms with Crippen LogP contribution in [0.5, 0.6) is 0 Å². The molecule has 1 aliphatic heterocycles. The molecule has 3 nitrogen and oxygen atoms in total. The third kappa shape index (κ3) is 2.23. The van der Waals surface area contributed by atoms with E-state index < -0.39 is 11.6 Å². The van der Waals surface area contributed by atoms with E-state index in [1.807, 2.05) is 4.57 Å². The van der Waals surface area contributed by atoms with Gasteiger partial charge in [-0.2, -0.15) is 4.39 Å². The molecular weight excluding hydrogens is 284 g/mol. The van der Waals surface area contributed by atoms with Crippen LogP contribution in [0.4, 0.5) is 8.78 Å². The molecule has 1 atom stereocenters. The lowest BCUT2D eigenvalue weighted by atomic mass is 9.82. The van der Waals surface area contributed by atoms with Crippen molar-refractivity contribution in [1.29, 1.82) is 0 Å². The van der Waals surface area contributed by atoms with Gasteiger partial charge < -0.3 is 4.57 Å². The topological polar surface area (TPSA) is 30.7 Å². The number of nitrogens with zero attached hydrogens (tertiary/aromatic N) is 3. The van der Waals surface area contributed by atoms with Crippen LogP contribution in [0.2, 0.25) is 0 Å². The van der Waals surface area contributed by atoms with E-state index >= 15 is 0 Å². The van der Waals surface area contributed by atoms with Gasteiger partial charge in [-0.05, 0) is 37.8 Å². The van der Waals surface area contributed by atoms with Crippen LogP contribution in [-0.2, 0) is 0 Å².